The Morgan fingerprint density at radius 3 is 0.464 bits per heavy atom. The van der Waals surface area contributed by atoms with E-state index < -0.39 is 10.8 Å². The predicted octanol–water partition coefficient (Wildman–Crippen LogP) is 17.8. The third-order valence-corrected chi connectivity index (χ3v) is 15.0. The second-order valence-electron chi connectivity index (χ2n) is 26.2. The molecule has 0 amide bonds. The normalized spacial score (nSPS) is 13.4. The summed E-state index contributed by atoms with van der Waals surface area (Å²) in [5, 5.41) is 0. The van der Waals surface area contributed by atoms with Gasteiger partial charge in [0.1, 0.15) is 0 Å². The highest BCUT2D eigenvalue weighted by molar-refractivity contribution is 5.75. The lowest BCUT2D eigenvalue weighted by Gasteiger charge is -2.42. The maximum Gasteiger partial charge on any atom is 0.0721 e. The van der Waals surface area contributed by atoms with Gasteiger partial charge in [0.25, 0.3) is 0 Å². The average Bonchev–Trinajstić information content (AvgIpc) is 3.27. The van der Waals surface area contributed by atoms with Crippen LogP contribution in [0.2, 0.25) is 0 Å². The summed E-state index contributed by atoms with van der Waals surface area (Å²) in [4.78, 5) is 0. The summed E-state index contributed by atoms with van der Waals surface area (Å²) in [7, 11) is 0. The Morgan fingerprint density at radius 2 is 0.333 bits per heavy atom. The Bertz CT molecular complexity index is 2370. The summed E-state index contributed by atoms with van der Waals surface area (Å²) < 4.78 is 0. The third kappa shape index (κ3) is 9.78. The Balaban J connectivity index is 1.69. The topological polar surface area (TPSA) is 26.0 Å². The number of anilines is 1. The molecule has 0 saturated heterocycles. The molecule has 1 nitrogen and oxygen atoms in total. The largest absolute Gasteiger partial charge is 0.398 e. The quantitative estimate of drug-likeness (QED) is 0.119. The van der Waals surface area contributed by atoms with Crippen LogP contribution in [0.4, 0.5) is 5.69 Å². The van der Waals surface area contributed by atoms with E-state index >= 15 is 0 Å². The molecule has 0 aliphatic heterocycles. The molecular formula is C68H83N. The maximum absolute atomic E-state index is 8.27. The van der Waals surface area contributed by atoms with Gasteiger partial charge in [-0.3, -0.25) is 0 Å². The van der Waals surface area contributed by atoms with E-state index in [1.165, 1.54) is 66.8 Å². The first-order chi connectivity index (χ1) is 31.9. The SMILES string of the molecule is CC(C)(C)c1ccc(C(c2ccc(C(C)(C)C)cc2)(c2ccc(C(C)(C)C)cc2)c2cccc(C(c3ccc(C(C)(C)C)cc3)(c3ccc(C(C)(C)C)cc3)c3ccc(C(C)(C)C)cc3)c2N)cc1. The van der Waals surface area contributed by atoms with Crippen LogP contribution >= 0.6 is 0 Å². The molecule has 0 heterocycles. The molecule has 0 fully saturated rings. The zero-order valence-electron chi connectivity index (χ0n) is 45.7. The molecule has 0 aliphatic carbocycles. The van der Waals surface area contributed by atoms with Crippen LogP contribution in [0.3, 0.4) is 0 Å². The molecule has 0 aromatic heterocycles. The van der Waals surface area contributed by atoms with Crippen molar-refractivity contribution in [2.24, 2.45) is 0 Å². The molecule has 0 bridgehead atoms. The van der Waals surface area contributed by atoms with Gasteiger partial charge in [-0.2, -0.15) is 0 Å². The van der Waals surface area contributed by atoms with E-state index in [1.54, 1.807) is 0 Å². The second-order valence-corrected chi connectivity index (χ2v) is 26.2. The fourth-order valence-electron chi connectivity index (χ4n) is 10.5. The van der Waals surface area contributed by atoms with Gasteiger partial charge in [-0.1, -0.05) is 288 Å². The van der Waals surface area contributed by atoms with Gasteiger partial charge < -0.3 is 5.73 Å². The molecule has 7 aromatic carbocycles. The molecule has 0 unspecified atom stereocenters. The molecule has 1 heteroatoms. The van der Waals surface area contributed by atoms with Gasteiger partial charge in [-0.25, -0.2) is 0 Å². The van der Waals surface area contributed by atoms with Crippen molar-refractivity contribution >= 4 is 5.69 Å². The van der Waals surface area contributed by atoms with Gasteiger partial charge in [0.2, 0.25) is 0 Å². The van der Waals surface area contributed by atoms with Crippen LogP contribution in [0.25, 0.3) is 0 Å². The second kappa shape index (κ2) is 17.9. The fraction of sp³-hybridized carbons (Fsp3) is 0.382. The van der Waals surface area contributed by atoms with Crippen LogP contribution in [-0.4, -0.2) is 0 Å². The van der Waals surface area contributed by atoms with Crippen molar-refractivity contribution < 1.29 is 0 Å². The molecule has 0 spiro atoms. The summed E-state index contributed by atoms with van der Waals surface area (Å²) >= 11 is 0. The molecule has 0 saturated carbocycles. The van der Waals surface area contributed by atoms with Gasteiger partial charge in [0, 0.05) is 5.69 Å². The van der Waals surface area contributed by atoms with Crippen LogP contribution in [0.15, 0.2) is 164 Å². The average molecular weight is 914 g/mol. The maximum atomic E-state index is 8.27. The van der Waals surface area contributed by atoms with E-state index in [2.05, 4.69) is 288 Å². The van der Waals surface area contributed by atoms with Crippen molar-refractivity contribution in [2.75, 3.05) is 5.73 Å². The predicted molar refractivity (Wildman–Crippen MR) is 300 cm³/mol. The smallest absolute Gasteiger partial charge is 0.0721 e. The number of hydrogen-bond acceptors (Lipinski definition) is 1. The highest BCUT2D eigenvalue weighted by atomic mass is 14.6. The number of para-hydroxylation sites is 1. The zero-order valence-corrected chi connectivity index (χ0v) is 45.7. The number of hydrogen-bond donors (Lipinski definition) is 1. The van der Waals surface area contributed by atoms with Crippen LogP contribution < -0.4 is 5.73 Å². The standard InChI is InChI=1S/C68H83N/c1-61(2,3)46-22-34-52(35-23-46)67(53-36-24-47(25-37-53)62(4,5)6,54-38-26-48(27-39-54)63(7,8)9)58-20-19-21-59(60(58)69)68(55-40-28-49(29-41-55)64(10,11)12,56-42-30-50(31-43-56)65(13,14)15)57-44-32-51(33-45-57)66(16,17)18/h19-45H,69H2,1-18H3. The molecule has 0 radical (unpaired) electrons. The first kappa shape index (κ1) is 51.2. The van der Waals surface area contributed by atoms with Crippen molar-refractivity contribution in [1.82, 2.24) is 0 Å². The van der Waals surface area contributed by atoms with Gasteiger partial charge in [-0.05, 0) is 110 Å². The minimum atomic E-state index is -0.808. The Hall–Kier alpha value is -5.66. The van der Waals surface area contributed by atoms with E-state index in [9.17, 15) is 0 Å². The molecule has 2 N–H and O–H groups in total. The Morgan fingerprint density at radius 1 is 0.203 bits per heavy atom. The van der Waals surface area contributed by atoms with E-state index in [0.29, 0.717) is 0 Å². The molecule has 360 valence electrons. The fourth-order valence-corrected chi connectivity index (χ4v) is 10.5. The van der Waals surface area contributed by atoms with Gasteiger partial charge in [0.05, 0.1) is 10.8 Å². The van der Waals surface area contributed by atoms with E-state index in [4.69, 9.17) is 5.73 Å². The van der Waals surface area contributed by atoms with Gasteiger partial charge in [-0.15, -0.1) is 0 Å². The summed E-state index contributed by atoms with van der Waals surface area (Å²) in [5.74, 6) is 0. The van der Waals surface area contributed by atoms with Gasteiger partial charge >= 0.3 is 0 Å². The number of nitrogens with two attached hydrogens (primary N) is 1. The van der Waals surface area contributed by atoms with Crippen molar-refractivity contribution in [2.45, 2.75) is 168 Å². The molecular weight excluding hydrogens is 831 g/mol. The summed E-state index contributed by atoms with van der Waals surface area (Å²) in [5.41, 5.74) is 24.3. The lowest BCUT2D eigenvalue weighted by atomic mass is 9.60. The van der Waals surface area contributed by atoms with E-state index in [-0.39, 0.29) is 32.5 Å². The molecule has 7 aromatic rings. The minimum absolute atomic E-state index is 0.0178. The van der Waals surface area contributed by atoms with E-state index in [0.717, 1.165) is 16.8 Å². The van der Waals surface area contributed by atoms with Crippen molar-refractivity contribution in [3.05, 3.63) is 242 Å². The number of rotatable bonds is 8. The molecule has 0 aliphatic rings. The van der Waals surface area contributed by atoms with Crippen LogP contribution in [0, 0.1) is 0 Å². The van der Waals surface area contributed by atoms with Crippen LogP contribution in [-0.2, 0) is 43.3 Å². The minimum Gasteiger partial charge on any atom is -0.398 e. The number of nitrogen functional groups attached to an aromatic ring is 1. The van der Waals surface area contributed by atoms with Crippen molar-refractivity contribution in [3.63, 3.8) is 0 Å². The van der Waals surface area contributed by atoms with Gasteiger partial charge in [0.15, 0.2) is 0 Å². The van der Waals surface area contributed by atoms with Crippen LogP contribution in [0.5, 0.6) is 0 Å². The first-order valence-electron chi connectivity index (χ1n) is 25.5. The van der Waals surface area contributed by atoms with Crippen molar-refractivity contribution in [3.8, 4) is 0 Å². The third-order valence-electron chi connectivity index (χ3n) is 15.0. The Kier molecular flexibility index (Phi) is 13.3. The van der Waals surface area contributed by atoms with E-state index in [1.807, 2.05) is 0 Å². The summed E-state index contributed by atoms with van der Waals surface area (Å²) in [6.07, 6.45) is 0. The van der Waals surface area contributed by atoms with Crippen LogP contribution in [0.1, 0.15) is 203 Å². The molecule has 0 atom stereocenters. The van der Waals surface area contributed by atoms with Crippen molar-refractivity contribution in [1.29, 1.82) is 0 Å². The summed E-state index contributed by atoms with van der Waals surface area (Å²) in [6, 6.07) is 63.4. The lowest BCUT2D eigenvalue weighted by molar-refractivity contribution is 0.587. The monoisotopic (exact) mass is 914 g/mol. The first-order valence-corrected chi connectivity index (χ1v) is 25.5. The molecule has 7 rings (SSSR count). The highest BCUT2D eigenvalue weighted by Gasteiger charge is 2.46. The lowest BCUT2D eigenvalue weighted by Crippen LogP contribution is -2.36. The zero-order chi connectivity index (χ0) is 50.8. The summed E-state index contributed by atoms with van der Waals surface area (Å²) in [6.45, 7) is 41.3. The molecule has 69 heavy (non-hydrogen) atoms. The highest BCUT2D eigenvalue weighted by Crippen LogP contribution is 2.54. The number of benzene rings is 7. The Labute approximate surface area is 419 Å².